The molecule has 4 aromatic rings. The molecule has 0 spiro atoms. The maximum Gasteiger partial charge on any atom is 0.263 e. The molecule has 1 N–H and O–H groups in total. The summed E-state index contributed by atoms with van der Waals surface area (Å²) in [7, 11) is 0. The van der Waals surface area contributed by atoms with Gasteiger partial charge < -0.3 is 5.32 Å². The van der Waals surface area contributed by atoms with Gasteiger partial charge in [0, 0.05) is 16.6 Å². The van der Waals surface area contributed by atoms with Crippen molar-refractivity contribution in [2.45, 2.75) is 6.54 Å². The molecular weight excluding hydrogens is 365 g/mol. The molecule has 0 saturated heterocycles. The fraction of sp³-hybridized carbons (Fsp3) is 0.0500. The van der Waals surface area contributed by atoms with Crippen molar-refractivity contribution in [2.75, 3.05) is 5.32 Å². The second-order valence-corrected chi connectivity index (χ2v) is 6.79. The second kappa shape index (κ2) is 7.13. The van der Waals surface area contributed by atoms with E-state index in [1.807, 2.05) is 35.7 Å². The lowest BCUT2D eigenvalue weighted by Crippen LogP contribution is -2.27. The van der Waals surface area contributed by atoms with Crippen LogP contribution in [0.25, 0.3) is 21.3 Å². The zero-order chi connectivity index (χ0) is 18.8. The quantitative estimate of drug-likeness (QED) is 0.585. The summed E-state index contributed by atoms with van der Waals surface area (Å²) in [6.07, 6.45) is 1.36. The van der Waals surface area contributed by atoms with E-state index >= 15 is 0 Å². The molecule has 27 heavy (non-hydrogen) atoms. The molecule has 0 aliphatic heterocycles. The van der Waals surface area contributed by atoms with E-state index in [9.17, 15) is 14.0 Å². The molecule has 0 bridgehead atoms. The number of anilines is 1. The smallest absolute Gasteiger partial charge is 0.263 e. The molecule has 2 heterocycles. The lowest BCUT2D eigenvalue weighted by molar-refractivity contribution is -0.116. The van der Waals surface area contributed by atoms with E-state index in [1.165, 1.54) is 40.4 Å². The Hall–Kier alpha value is -3.32. The van der Waals surface area contributed by atoms with E-state index in [4.69, 9.17) is 0 Å². The van der Waals surface area contributed by atoms with Crippen LogP contribution >= 0.6 is 11.3 Å². The van der Waals surface area contributed by atoms with Crippen molar-refractivity contribution in [2.24, 2.45) is 0 Å². The van der Waals surface area contributed by atoms with Gasteiger partial charge in [0.1, 0.15) is 17.2 Å². The first kappa shape index (κ1) is 17.1. The number of carbonyl (C=O) groups is 1. The maximum absolute atomic E-state index is 13.2. The number of benzene rings is 2. The number of hydrogen-bond donors (Lipinski definition) is 1. The van der Waals surface area contributed by atoms with Gasteiger partial charge in [0.05, 0.1) is 11.7 Å². The molecule has 0 atom stereocenters. The van der Waals surface area contributed by atoms with E-state index in [0.717, 1.165) is 11.1 Å². The fourth-order valence-corrected chi connectivity index (χ4v) is 3.74. The Kier molecular flexibility index (Phi) is 4.52. The van der Waals surface area contributed by atoms with Crippen LogP contribution in [0.3, 0.4) is 0 Å². The van der Waals surface area contributed by atoms with Crippen LogP contribution in [-0.4, -0.2) is 15.5 Å². The summed E-state index contributed by atoms with van der Waals surface area (Å²) < 4.78 is 14.5. The number of aromatic nitrogens is 2. The van der Waals surface area contributed by atoms with Crippen molar-refractivity contribution in [1.82, 2.24) is 9.55 Å². The Bertz CT molecular complexity index is 1180. The van der Waals surface area contributed by atoms with Crippen molar-refractivity contribution in [3.05, 3.63) is 82.5 Å². The first-order valence-electron chi connectivity index (χ1n) is 8.19. The van der Waals surface area contributed by atoms with Crippen LogP contribution < -0.4 is 10.9 Å². The third kappa shape index (κ3) is 3.50. The topological polar surface area (TPSA) is 64.0 Å². The van der Waals surface area contributed by atoms with Crippen LogP contribution in [0.2, 0.25) is 0 Å². The van der Waals surface area contributed by atoms with Crippen LogP contribution in [0.4, 0.5) is 10.1 Å². The summed E-state index contributed by atoms with van der Waals surface area (Å²) in [5, 5.41) is 4.97. The maximum atomic E-state index is 13.2. The Labute approximate surface area is 157 Å². The Morgan fingerprint density at radius 2 is 1.96 bits per heavy atom. The number of fused-ring (bicyclic) bond motifs is 1. The average Bonchev–Trinajstić information content (AvgIpc) is 3.10. The van der Waals surface area contributed by atoms with Crippen molar-refractivity contribution >= 4 is 33.1 Å². The zero-order valence-electron chi connectivity index (χ0n) is 14.1. The molecule has 2 aromatic heterocycles. The van der Waals surface area contributed by atoms with Crippen LogP contribution in [0.15, 0.2) is 71.1 Å². The van der Waals surface area contributed by atoms with E-state index < -0.39 is 11.7 Å². The van der Waals surface area contributed by atoms with Crippen molar-refractivity contribution < 1.29 is 9.18 Å². The molecule has 0 aliphatic carbocycles. The highest BCUT2D eigenvalue weighted by atomic mass is 32.1. The summed E-state index contributed by atoms with van der Waals surface area (Å²) >= 11 is 1.39. The van der Waals surface area contributed by atoms with E-state index in [0.29, 0.717) is 15.9 Å². The van der Waals surface area contributed by atoms with Crippen molar-refractivity contribution in [3.63, 3.8) is 0 Å². The molecule has 0 fully saturated rings. The standard InChI is InChI=1S/C20H14FN3O2S/c21-14-7-4-8-15(9-14)23-17(25)10-24-12-22-19-18(20(24)26)16(11-27-19)13-5-2-1-3-6-13/h1-9,11-12H,10H2,(H,23,25). The number of rotatable bonds is 4. The summed E-state index contributed by atoms with van der Waals surface area (Å²) in [4.78, 5) is 30.1. The number of amides is 1. The van der Waals surface area contributed by atoms with Crippen LogP contribution in [0, 0.1) is 5.82 Å². The Morgan fingerprint density at radius 1 is 1.15 bits per heavy atom. The fourth-order valence-electron chi connectivity index (χ4n) is 2.83. The first-order valence-corrected chi connectivity index (χ1v) is 9.07. The van der Waals surface area contributed by atoms with E-state index in [1.54, 1.807) is 6.07 Å². The lowest BCUT2D eigenvalue weighted by atomic mass is 10.1. The zero-order valence-corrected chi connectivity index (χ0v) is 14.9. The van der Waals surface area contributed by atoms with Crippen LogP contribution in [0.5, 0.6) is 0 Å². The molecule has 7 heteroatoms. The summed E-state index contributed by atoms with van der Waals surface area (Å²) in [6.45, 7) is -0.206. The minimum absolute atomic E-state index is 0.206. The normalized spacial score (nSPS) is 10.9. The van der Waals surface area contributed by atoms with Gasteiger partial charge in [-0.25, -0.2) is 9.37 Å². The minimum atomic E-state index is -0.446. The Balaban J connectivity index is 1.66. The summed E-state index contributed by atoms with van der Waals surface area (Å²) in [5.74, 6) is -0.876. The molecule has 0 unspecified atom stereocenters. The molecule has 2 aromatic carbocycles. The number of thiophene rings is 1. The monoisotopic (exact) mass is 379 g/mol. The number of nitrogens with zero attached hydrogens (tertiary/aromatic N) is 2. The van der Waals surface area contributed by atoms with Gasteiger partial charge >= 0.3 is 0 Å². The van der Waals surface area contributed by atoms with Gasteiger partial charge in [-0.05, 0) is 23.8 Å². The highest BCUT2D eigenvalue weighted by molar-refractivity contribution is 7.17. The van der Waals surface area contributed by atoms with Gasteiger partial charge in [-0.2, -0.15) is 0 Å². The Morgan fingerprint density at radius 3 is 2.74 bits per heavy atom. The number of carbonyl (C=O) groups excluding carboxylic acids is 1. The third-order valence-corrected chi connectivity index (χ3v) is 4.95. The predicted octanol–water partition coefficient (Wildman–Crippen LogP) is 3.90. The largest absolute Gasteiger partial charge is 0.324 e. The molecule has 1 amide bonds. The van der Waals surface area contributed by atoms with E-state index in [-0.39, 0.29) is 12.1 Å². The number of hydrogen-bond acceptors (Lipinski definition) is 4. The molecule has 5 nitrogen and oxygen atoms in total. The summed E-state index contributed by atoms with van der Waals surface area (Å²) in [6, 6.07) is 15.2. The third-order valence-electron chi connectivity index (χ3n) is 4.07. The van der Waals surface area contributed by atoms with Gasteiger partial charge in [-0.15, -0.1) is 11.3 Å². The molecule has 0 saturated carbocycles. The van der Waals surface area contributed by atoms with Gasteiger partial charge in [-0.3, -0.25) is 14.2 Å². The molecular formula is C20H14FN3O2S. The SMILES string of the molecule is O=C(Cn1cnc2scc(-c3ccccc3)c2c1=O)Nc1cccc(F)c1. The number of nitrogens with one attached hydrogen (secondary N) is 1. The van der Waals surface area contributed by atoms with E-state index in [2.05, 4.69) is 10.3 Å². The average molecular weight is 379 g/mol. The summed E-state index contributed by atoms with van der Waals surface area (Å²) in [5.41, 5.74) is 1.77. The second-order valence-electron chi connectivity index (χ2n) is 5.93. The predicted molar refractivity (Wildman–Crippen MR) is 104 cm³/mol. The molecule has 134 valence electrons. The van der Waals surface area contributed by atoms with Crippen LogP contribution in [-0.2, 0) is 11.3 Å². The number of halogens is 1. The molecule has 4 rings (SSSR count). The highest BCUT2D eigenvalue weighted by Crippen LogP contribution is 2.30. The van der Waals surface area contributed by atoms with Gasteiger partial charge in [0.15, 0.2) is 0 Å². The lowest BCUT2D eigenvalue weighted by Gasteiger charge is -2.08. The first-order chi connectivity index (χ1) is 13.1. The van der Waals surface area contributed by atoms with Gasteiger partial charge in [0.25, 0.3) is 5.56 Å². The molecule has 0 aliphatic rings. The van der Waals surface area contributed by atoms with Gasteiger partial charge in [-0.1, -0.05) is 36.4 Å². The van der Waals surface area contributed by atoms with Crippen LogP contribution in [0.1, 0.15) is 0 Å². The molecule has 0 radical (unpaired) electrons. The van der Waals surface area contributed by atoms with Crippen molar-refractivity contribution in [3.8, 4) is 11.1 Å². The van der Waals surface area contributed by atoms with Gasteiger partial charge in [0.2, 0.25) is 5.91 Å². The van der Waals surface area contributed by atoms with Crippen molar-refractivity contribution in [1.29, 1.82) is 0 Å². The highest BCUT2D eigenvalue weighted by Gasteiger charge is 2.14. The minimum Gasteiger partial charge on any atom is -0.324 e.